The van der Waals surface area contributed by atoms with Crippen molar-refractivity contribution in [3.63, 3.8) is 0 Å². The number of benzene rings is 3. The lowest BCUT2D eigenvalue weighted by molar-refractivity contribution is -0.00000326. The number of rotatable bonds is 0. The minimum Gasteiger partial charge on any atom is -1.00 e. The maximum Gasteiger partial charge on any atom is 0.392 e. The molecule has 17 heavy (non-hydrogen) atoms. The molecule has 0 fully saturated rings. The molecule has 0 aliphatic rings. The molecule has 0 aliphatic heterocycles. The molecule has 0 atom stereocenters. The van der Waals surface area contributed by atoms with E-state index in [1.54, 1.807) is 6.07 Å². The van der Waals surface area contributed by atoms with Crippen molar-refractivity contribution in [2.24, 2.45) is 0 Å². The van der Waals surface area contributed by atoms with Crippen LogP contribution in [0.25, 0.3) is 26.5 Å². The summed E-state index contributed by atoms with van der Waals surface area (Å²) >= 11 is 0. The third-order valence-corrected chi connectivity index (χ3v) is 2.83. The molecule has 0 amide bonds. The van der Waals surface area contributed by atoms with Crippen molar-refractivity contribution >= 4 is 27.2 Å². The van der Waals surface area contributed by atoms with Gasteiger partial charge in [-0.05, 0) is 28.3 Å². The summed E-state index contributed by atoms with van der Waals surface area (Å²) in [6.45, 7) is 0. The molecule has 3 aromatic rings. The number of diazo groups is 1. The first-order valence-electron chi connectivity index (χ1n) is 5.15. The van der Waals surface area contributed by atoms with Crippen LogP contribution in [0.3, 0.4) is 0 Å². The van der Waals surface area contributed by atoms with Crippen LogP contribution in [-0.4, -0.2) is 0 Å². The van der Waals surface area contributed by atoms with Gasteiger partial charge in [-0.2, -0.15) is 0 Å². The first kappa shape index (κ1) is 11.4. The molecule has 0 saturated carbocycles. The summed E-state index contributed by atoms with van der Waals surface area (Å²) < 4.78 is 0. The topological polar surface area (TPSA) is 28.1 Å². The molecule has 0 aromatic heterocycles. The summed E-state index contributed by atoms with van der Waals surface area (Å²) in [7, 11) is 0. The number of fused-ring (bicyclic) bond motifs is 2. The van der Waals surface area contributed by atoms with Crippen LogP contribution in [-0.2, 0) is 0 Å². The Hall–Kier alpha value is -2.11. The molecule has 0 radical (unpaired) electrons. The average Bonchev–Trinajstić information content (AvgIpc) is 2.35. The molecule has 0 spiro atoms. The third kappa shape index (κ3) is 1.82. The molecule has 0 unspecified atom stereocenters. The molecule has 3 rings (SSSR count). The number of nitrogens with zero attached hydrogens (tertiary/aromatic N) is 2. The Morgan fingerprint density at radius 1 is 0.765 bits per heavy atom. The quantitative estimate of drug-likeness (QED) is 0.432. The summed E-state index contributed by atoms with van der Waals surface area (Å²) in [6, 6.07) is 18.1. The van der Waals surface area contributed by atoms with Crippen molar-refractivity contribution in [1.29, 1.82) is 5.39 Å². The van der Waals surface area contributed by atoms with Crippen molar-refractivity contribution in [1.82, 2.24) is 0 Å². The summed E-state index contributed by atoms with van der Waals surface area (Å²) in [6.07, 6.45) is 0. The van der Waals surface area contributed by atoms with E-state index in [2.05, 4.69) is 29.2 Å². The average molecular weight is 241 g/mol. The number of hydrogen-bond donors (Lipinski definition) is 0. The Balaban J connectivity index is 0.00000108. The van der Waals surface area contributed by atoms with E-state index < -0.39 is 0 Å². The van der Waals surface area contributed by atoms with E-state index in [4.69, 9.17) is 5.39 Å². The van der Waals surface area contributed by atoms with Crippen LogP contribution >= 0.6 is 0 Å². The molecule has 0 N–H and O–H groups in total. The van der Waals surface area contributed by atoms with Crippen molar-refractivity contribution in [3.05, 3.63) is 59.6 Å². The third-order valence-electron chi connectivity index (χ3n) is 2.83. The highest BCUT2D eigenvalue weighted by atomic mass is 35.5. The second-order valence-electron chi connectivity index (χ2n) is 3.80. The summed E-state index contributed by atoms with van der Waals surface area (Å²) in [5, 5.41) is 13.4. The van der Waals surface area contributed by atoms with E-state index >= 15 is 0 Å². The van der Waals surface area contributed by atoms with Crippen LogP contribution in [0.4, 0.5) is 5.69 Å². The van der Waals surface area contributed by atoms with Crippen LogP contribution in [0, 0.1) is 5.39 Å². The lowest BCUT2D eigenvalue weighted by Gasteiger charge is -1.99. The molecule has 82 valence electrons. The van der Waals surface area contributed by atoms with Crippen LogP contribution in [0.15, 0.2) is 54.6 Å². The minimum absolute atomic E-state index is 0. The van der Waals surface area contributed by atoms with Gasteiger partial charge in [0, 0.05) is 6.07 Å². The molecular weight excluding hydrogens is 232 g/mol. The highest BCUT2D eigenvalue weighted by Crippen LogP contribution is 2.29. The van der Waals surface area contributed by atoms with E-state index in [0.717, 1.165) is 16.2 Å². The summed E-state index contributed by atoms with van der Waals surface area (Å²) in [5.74, 6) is 0. The highest BCUT2D eigenvalue weighted by molar-refractivity contribution is 6.03. The van der Waals surface area contributed by atoms with Crippen LogP contribution in [0.1, 0.15) is 0 Å². The zero-order chi connectivity index (χ0) is 11.0. The van der Waals surface area contributed by atoms with Crippen molar-refractivity contribution in [2.75, 3.05) is 0 Å². The predicted molar refractivity (Wildman–Crippen MR) is 66.2 cm³/mol. The van der Waals surface area contributed by atoms with Crippen molar-refractivity contribution in [3.8, 4) is 0 Å². The molecule has 3 aromatic carbocycles. The van der Waals surface area contributed by atoms with Crippen LogP contribution in [0.5, 0.6) is 0 Å². The Kier molecular flexibility index (Phi) is 2.95. The van der Waals surface area contributed by atoms with Gasteiger partial charge in [-0.15, -0.1) is 0 Å². The van der Waals surface area contributed by atoms with Gasteiger partial charge in [0.05, 0.1) is 5.39 Å². The van der Waals surface area contributed by atoms with Crippen molar-refractivity contribution in [2.45, 2.75) is 0 Å². The van der Waals surface area contributed by atoms with E-state index in [-0.39, 0.29) is 12.4 Å². The van der Waals surface area contributed by atoms with E-state index in [1.807, 2.05) is 24.3 Å². The Labute approximate surface area is 105 Å². The van der Waals surface area contributed by atoms with E-state index in [0.29, 0.717) is 5.69 Å². The first-order chi connectivity index (χ1) is 7.88. The Morgan fingerprint density at radius 2 is 1.41 bits per heavy atom. The molecule has 3 heteroatoms. The molecule has 0 aliphatic carbocycles. The van der Waals surface area contributed by atoms with Gasteiger partial charge in [0.15, 0.2) is 4.98 Å². The van der Waals surface area contributed by atoms with Gasteiger partial charge in [0.1, 0.15) is 0 Å². The molecular formula is C14H9ClN2. The lowest BCUT2D eigenvalue weighted by atomic mass is 10.0. The molecule has 2 nitrogen and oxygen atoms in total. The van der Waals surface area contributed by atoms with Gasteiger partial charge in [-0.3, -0.25) is 0 Å². The zero-order valence-corrected chi connectivity index (χ0v) is 9.72. The van der Waals surface area contributed by atoms with Crippen LogP contribution in [0.2, 0.25) is 0 Å². The Bertz CT molecular complexity index is 729. The molecule has 0 bridgehead atoms. The van der Waals surface area contributed by atoms with E-state index in [1.165, 1.54) is 5.39 Å². The molecule has 0 saturated heterocycles. The fourth-order valence-corrected chi connectivity index (χ4v) is 2.04. The minimum atomic E-state index is 0. The van der Waals surface area contributed by atoms with Gasteiger partial charge >= 0.3 is 5.69 Å². The van der Waals surface area contributed by atoms with Crippen LogP contribution < -0.4 is 12.4 Å². The van der Waals surface area contributed by atoms with Gasteiger partial charge in [-0.1, -0.05) is 36.4 Å². The summed E-state index contributed by atoms with van der Waals surface area (Å²) in [4.78, 5) is 3.31. The largest absolute Gasteiger partial charge is 1.00 e. The lowest BCUT2D eigenvalue weighted by Crippen LogP contribution is -3.00. The maximum atomic E-state index is 8.93. The fourth-order valence-electron chi connectivity index (χ4n) is 2.04. The standard InChI is InChI=1S/C14H9N2.ClH/c15-16-14-7-3-6-12-8-10-4-1-2-5-11(10)9-13(12)14;/h1-9H;1H/q+1;/p-1. The number of hydrogen-bond acceptors (Lipinski definition) is 1. The fraction of sp³-hybridized carbons (Fsp3) is 0. The molecule has 0 heterocycles. The van der Waals surface area contributed by atoms with Gasteiger partial charge in [0.25, 0.3) is 0 Å². The second-order valence-corrected chi connectivity index (χ2v) is 3.80. The SMILES string of the molecule is N#[N+]c1cccc2cc3ccccc3cc12.[Cl-]. The van der Waals surface area contributed by atoms with Crippen molar-refractivity contribution < 1.29 is 12.4 Å². The number of halogens is 1. The smallest absolute Gasteiger partial charge is 0.392 e. The normalized spacial score (nSPS) is 9.82. The van der Waals surface area contributed by atoms with Gasteiger partial charge in [-0.25, -0.2) is 0 Å². The Morgan fingerprint density at radius 3 is 2.12 bits per heavy atom. The van der Waals surface area contributed by atoms with Gasteiger partial charge in [0.2, 0.25) is 5.39 Å². The monoisotopic (exact) mass is 240 g/mol. The second kappa shape index (κ2) is 4.40. The predicted octanol–water partition coefficient (Wildman–Crippen LogP) is 1.48. The highest BCUT2D eigenvalue weighted by Gasteiger charge is 2.10. The zero-order valence-electron chi connectivity index (χ0n) is 8.97. The first-order valence-corrected chi connectivity index (χ1v) is 5.15. The summed E-state index contributed by atoms with van der Waals surface area (Å²) in [5.41, 5.74) is 0.614. The maximum absolute atomic E-state index is 8.93. The van der Waals surface area contributed by atoms with Gasteiger partial charge < -0.3 is 12.4 Å². The van der Waals surface area contributed by atoms with E-state index in [9.17, 15) is 0 Å².